The Morgan fingerprint density at radius 2 is 1.81 bits per heavy atom. The molecule has 3 aliphatic rings. The van der Waals surface area contributed by atoms with E-state index in [0.717, 1.165) is 43.9 Å². The highest BCUT2D eigenvalue weighted by Gasteiger charge is 2.38. The number of carbonyl (C=O) groups excluding carboxylic acids is 1. The van der Waals surface area contributed by atoms with Crippen LogP contribution in [0.15, 0.2) is 30.4 Å². The molecular weight excluding hydrogens is 328 g/mol. The second-order valence-corrected chi connectivity index (χ2v) is 7.82. The van der Waals surface area contributed by atoms with Crippen LogP contribution >= 0.6 is 0 Å². The maximum absolute atomic E-state index is 13.1. The van der Waals surface area contributed by atoms with Gasteiger partial charge < -0.3 is 19.3 Å². The minimum absolute atomic E-state index is 0.0150. The molecule has 26 heavy (non-hydrogen) atoms. The molecule has 0 radical (unpaired) electrons. The van der Waals surface area contributed by atoms with E-state index in [-0.39, 0.29) is 5.91 Å². The fourth-order valence-electron chi connectivity index (χ4n) is 4.95. The lowest BCUT2D eigenvalue weighted by Crippen LogP contribution is -3.15. The van der Waals surface area contributed by atoms with Crippen LogP contribution in [0.25, 0.3) is 0 Å². The van der Waals surface area contributed by atoms with Crippen LogP contribution in [0.1, 0.15) is 23.2 Å². The highest BCUT2D eigenvalue weighted by atomic mass is 16.5. The van der Waals surface area contributed by atoms with Crippen LogP contribution in [0, 0.1) is 17.8 Å². The third-order valence-corrected chi connectivity index (χ3v) is 6.37. The van der Waals surface area contributed by atoms with Crippen LogP contribution in [0.3, 0.4) is 0 Å². The topological polar surface area (TPSA) is 43.2 Å². The third-order valence-electron chi connectivity index (χ3n) is 6.37. The number of piperazine rings is 1. The Morgan fingerprint density at radius 1 is 1.12 bits per heavy atom. The second kappa shape index (κ2) is 7.31. The molecule has 1 saturated carbocycles. The zero-order valence-corrected chi connectivity index (χ0v) is 15.7. The number of rotatable bonds is 5. The first-order valence-electron chi connectivity index (χ1n) is 9.71. The summed E-state index contributed by atoms with van der Waals surface area (Å²) in [6.07, 6.45) is 7.58. The second-order valence-electron chi connectivity index (χ2n) is 7.82. The van der Waals surface area contributed by atoms with E-state index in [2.05, 4.69) is 12.2 Å². The largest absolute Gasteiger partial charge is 0.496 e. The first kappa shape index (κ1) is 17.4. The van der Waals surface area contributed by atoms with Gasteiger partial charge in [-0.3, -0.25) is 4.79 Å². The van der Waals surface area contributed by atoms with E-state index in [9.17, 15) is 4.79 Å². The molecule has 4 rings (SSSR count). The minimum atomic E-state index is 0.0150. The Morgan fingerprint density at radius 3 is 2.35 bits per heavy atom. The summed E-state index contributed by atoms with van der Waals surface area (Å²) < 4.78 is 10.8. The van der Waals surface area contributed by atoms with Gasteiger partial charge in [-0.25, -0.2) is 0 Å². The number of benzene rings is 1. The molecular formula is C21H29N2O3+. The molecule has 1 heterocycles. The van der Waals surface area contributed by atoms with E-state index in [1.807, 2.05) is 23.1 Å². The van der Waals surface area contributed by atoms with Gasteiger partial charge in [0.1, 0.15) is 17.1 Å². The Bertz CT molecular complexity index is 672. The molecule has 1 aliphatic heterocycles. The highest BCUT2D eigenvalue weighted by molar-refractivity contribution is 5.99. The molecule has 3 atom stereocenters. The molecule has 5 heteroatoms. The fraction of sp³-hybridized carbons (Fsp3) is 0.571. The monoisotopic (exact) mass is 357 g/mol. The molecule has 0 unspecified atom stereocenters. The van der Waals surface area contributed by atoms with Gasteiger partial charge in [0.15, 0.2) is 0 Å². The number of ether oxygens (including phenoxy) is 2. The number of nitrogens with one attached hydrogen (secondary N) is 1. The van der Waals surface area contributed by atoms with Crippen LogP contribution in [0.4, 0.5) is 0 Å². The smallest absolute Gasteiger partial charge is 0.261 e. The van der Waals surface area contributed by atoms with Gasteiger partial charge in [-0.05, 0) is 36.8 Å². The number of methoxy groups -OCH3 is 2. The lowest BCUT2D eigenvalue weighted by molar-refractivity contribution is -0.907. The van der Waals surface area contributed by atoms with Crippen molar-refractivity contribution < 1.29 is 19.2 Å². The molecule has 1 N–H and O–H groups in total. The molecule has 5 nitrogen and oxygen atoms in total. The van der Waals surface area contributed by atoms with Gasteiger partial charge in [0.25, 0.3) is 5.91 Å². The van der Waals surface area contributed by atoms with Crippen LogP contribution in [-0.2, 0) is 0 Å². The summed E-state index contributed by atoms with van der Waals surface area (Å²) in [6, 6.07) is 5.49. The summed E-state index contributed by atoms with van der Waals surface area (Å²) >= 11 is 0. The van der Waals surface area contributed by atoms with Crippen molar-refractivity contribution in [1.82, 2.24) is 4.90 Å². The van der Waals surface area contributed by atoms with Crippen molar-refractivity contribution in [1.29, 1.82) is 0 Å². The maximum Gasteiger partial charge on any atom is 0.261 e. The normalized spacial score (nSPS) is 27.8. The number of nitrogens with zero attached hydrogens (tertiary/aromatic N) is 1. The van der Waals surface area contributed by atoms with Crippen molar-refractivity contribution in [3.63, 3.8) is 0 Å². The predicted octanol–water partition coefficient (Wildman–Crippen LogP) is 1.26. The summed E-state index contributed by atoms with van der Waals surface area (Å²) in [5.41, 5.74) is 0.541. The SMILES string of the molecule is COc1cccc(OC)c1C(=O)N1CC[NH+](C[C@@H]2C[C@@H]3C=C[C@H]2C3)CC1. The van der Waals surface area contributed by atoms with Gasteiger partial charge in [0, 0.05) is 5.92 Å². The first-order valence-corrected chi connectivity index (χ1v) is 9.71. The van der Waals surface area contributed by atoms with Gasteiger partial charge >= 0.3 is 0 Å². The number of amides is 1. The predicted molar refractivity (Wildman–Crippen MR) is 99.9 cm³/mol. The number of hydrogen-bond donors (Lipinski definition) is 1. The van der Waals surface area contributed by atoms with Crippen LogP contribution in [-0.4, -0.2) is 57.8 Å². The van der Waals surface area contributed by atoms with Gasteiger partial charge in [0.05, 0.1) is 46.9 Å². The van der Waals surface area contributed by atoms with E-state index in [1.165, 1.54) is 19.4 Å². The number of quaternary nitrogens is 1. The van der Waals surface area contributed by atoms with Gasteiger partial charge in [-0.15, -0.1) is 0 Å². The molecule has 2 bridgehead atoms. The van der Waals surface area contributed by atoms with Crippen molar-refractivity contribution in [2.75, 3.05) is 46.9 Å². The zero-order chi connectivity index (χ0) is 18.1. The molecule has 140 valence electrons. The minimum Gasteiger partial charge on any atom is -0.496 e. The molecule has 0 spiro atoms. The van der Waals surface area contributed by atoms with E-state index in [1.54, 1.807) is 19.1 Å². The lowest BCUT2D eigenvalue weighted by atomic mass is 9.93. The highest BCUT2D eigenvalue weighted by Crippen LogP contribution is 2.42. The fourth-order valence-corrected chi connectivity index (χ4v) is 4.95. The number of hydrogen-bond acceptors (Lipinski definition) is 3. The van der Waals surface area contributed by atoms with E-state index < -0.39 is 0 Å². The Balaban J connectivity index is 1.37. The van der Waals surface area contributed by atoms with Crippen LogP contribution in [0.5, 0.6) is 11.5 Å². The van der Waals surface area contributed by atoms with Crippen molar-refractivity contribution in [2.24, 2.45) is 17.8 Å². The number of allylic oxidation sites excluding steroid dienone is 2. The molecule has 1 aromatic carbocycles. The van der Waals surface area contributed by atoms with E-state index in [4.69, 9.17) is 9.47 Å². The van der Waals surface area contributed by atoms with Gasteiger partial charge in [-0.1, -0.05) is 18.2 Å². The van der Waals surface area contributed by atoms with E-state index >= 15 is 0 Å². The molecule has 1 saturated heterocycles. The lowest BCUT2D eigenvalue weighted by Gasteiger charge is -2.34. The van der Waals surface area contributed by atoms with Crippen molar-refractivity contribution in [3.05, 3.63) is 35.9 Å². The number of fused-ring (bicyclic) bond motifs is 2. The molecule has 1 aromatic rings. The third kappa shape index (κ3) is 3.20. The molecule has 0 aromatic heterocycles. The van der Waals surface area contributed by atoms with Crippen LogP contribution < -0.4 is 14.4 Å². The maximum atomic E-state index is 13.1. The van der Waals surface area contributed by atoms with Crippen LogP contribution in [0.2, 0.25) is 0 Å². The Kier molecular flexibility index (Phi) is 4.90. The van der Waals surface area contributed by atoms with Gasteiger partial charge in [-0.2, -0.15) is 0 Å². The van der Waals surface area contributed by atoms with E-state index in [0.29, 0.717) is 17.1 Å². The zero-order valence-electron chi connectivity index (χ0n) is 15.7. The number of carbonyl (C=O) groups is 1. The van der Waals surface area contributed by atoms with Gasteiger partial charge in [0.2, 0.25) is 0 Å². The quantitative estimate of drug-likeness (QED) is 0.807. The van der Waals surface area contributed by atoms with Crippen molar-refractivity contribution in [3.8, 4) is 11.5 Å². The summed E-state index contributed by atoms with van der Waals surface area (Å²) in [7, 11) is 3.19. The van der Waals surface area contributed by atoms with Crippen molar-refractivity contribution >= 4 is 5.91 Å². The van der Waals surface area contributed by atoms with Crippen molar-refractivity contribution in [2.45, 2.75) is 12.8 Å². The average Bonchev–Trinajstić information content (AvgIpc) is 3.30. The molecule has 2 fully saturated rings. The Hall–Kier alpha value is -2.01. The average molecular weight is 357 g/mol. The summed E-state index contributed by atoms with van der Waals surface area (Å²) in [5.74, 6) is 3.67. The summed E-state index contributed by atoms with van der Waals surface area (Å²) in [6.45, 7) is 4.91. The Labute approximate surface area is 155 Å². The summed E-state index contributed by atoms with van der Waals surface area (Å²) in [5, 5.41) is 0. The first-order chi connectivity index (χ1) is 12.7. The standard InChI is InChI=1S/C21H28N2O3/c1-25-18-4-3-5-19(26-2)20(18)21(24)23-10-8-22(9-11-23)14-17-13-15-6-7-16(17)12-15/h3-7,15-17H,8-14H2,1-2H3/p+1/t15-,16+,17+/m1/s1. The summed E-state index contributed by atoms with van der Waals surface area (Å²) in [4.78, 5) is 16.7. The molecule has 2 aliphatic carbocycles. The molecule has 1 amide bonds.